The SMILES string of the molecule is CCN(C)C(=O)NC1CCS(=O)(=O)C1. The molecule has 0 radical (unpaired) electrons. The summed E-state index contributed by atoms with van der Waals surface area (Å²) in [5.41, 5.74) is 0. The van der Waals surface area contributed by atoms with Crippen LogP contribution in [0.3, 0.4) is 0 Å². The quantitative estimate of drug-likeness (QED) is 0.703. The van der Waals surface area contributed by atoms with Crippen LogP contribution in [0, 0.1) is 0 Å². The Bertz CT molecular complexity index is 313. The Morgan fingerprint density at radius 3 is 2.64 bits per heavy atom. The molecule has 0 aromatic heterocycles. The van der Waals surface area contributed by atoms with Crippen molar-refractivity contribution >= 4 is 15.9 Å². The van der Waals surface area contributed by atoms with Crippen LogP contribution in [0.4, 0.5) is 4.79 Å². The van der Waals surface area contributed by atoms with Crippen molar-refractivity contribution in [1.82, 2.24) is 10.2 Å². The number of carbonyl (C=O) groups excluding carboxylic acids is 1. The van der Waals surface area contributed by atoms with Crippen LogP contribution >= 0.6 is 0 Å². The zero-order chi connectivity index (χ0) is 10.8. The average molecular weight is 220 g/mol. The molecule has 6 heteroatoms. The summed E-state index contributed by atoms with van der Waals surface area (Å²) in [6.07, 6.45) is 0.533. The number of amides is 2. The second-order valence-corrected chi connectivity index (χ2v) is 5.79. The maximum Gasteiger partial charge on any atom is 0.317 e. The van der Waals surface area contributed by atoms with Crippen LogP contribution in [0.1, 0.15) is 13.3 Å². The van der Waals surface area contributed by atoms with Crippen molar-refractivity contribution < 1.29 is 13.2 Å². The fourth-order valence-corrected chi connectivity index (χ4v) is 3.01. The Kier molecular flexibility index (Phi) is 3.36. The number of nitrogens with zero attached hydrogens (tertiary/aromatic N) is 1. The molecule has 5 nitrogen and oxygen atoms in total. The van der Waals surface area contributed by atoms with E-state index in [1.165, 1.54) is 4.90 Å². The van der Waals surface area contributed by atoms with Gasteiger partial charge in [0.05, 0.1) is 11.5 Å². The van der Waals surface area contributed by atoms with Crippen LogP contribution in [0.2, 0.25) is 0 Å². The molecule has 1 aliphatic rings. The minimum absolute atomic E-state index is 0.0797. The zero-order valence-electron chi connectivity index (χ0n) is 8.49. The third-order valence-corrected chi connectivity index (χ3v) is 4.15. The Labute approximate surface area is 84.4 Å². The Hall–Kier alpha value is -0.780. The van der Waals surface area contributed by atoms with Gasteiger partial charge in [-0.25, -0.2) is 13.2 Å². The number of sulfone groups is 1. The topological polar surface area (TPSA) is 66.5 Å². The van der Waals surface area contributed by atoms with Crippen LogP contribution in [0.25, 0.3) is 0 Å². The van der Waals surface area contributed by atoms with Gasteiger partial charge in [-0.1, -0.05) is 0 Å². The first kappa shape index (κ1) is 11.3. The van der Waals surface area contributed by atoms with Gasteiger partial charge in [-0.15, -0.1) is 0 Å². The van der Waals surface area contributed by atoms with Crippen molar-refractivity contribution in [1.29, 1.82) is 0 Å². The van der Waals surface area contributed by atoms with Gasteiger partial charge < -0.3 is 10.2 Å². The monoisotopic (exact) mass is 220 g/mol. The number of carbonyl (C=O) groups is 1. The standard InChI is InChI=1S/C8H16N2O3S/c1-3-10(2)8(11)9-7-4-5-14(12,13)6-7/h7H,3-6H2,1-2H3,(H,9,11). The zero-order valence-corrected chi connectivity index (χ0v) is 9.30. The van der Waals surface area contributed by atoms with E-state index in [9.17, 15) is 13.2 Å². The average Bonchev–Trinajstić information content (AvgIpc) is 2.44. The minimum Gasteiger partial charge on any atom is -0.334 e. The third kappa shape index (κ3) is 2.87. The van der Waals surface area contributed by atoms with E-state index in [1.807, 2.05) is 6.92 Å². The molecule has 0 aliphatic carbocycles. The molecule has 1 unspecified atom stereocenters. The Morgan fingerprint density at radius 2 is 2.21 bits per heavy atom. The molecule has 0 saturated carbocycles. The first-order chi connectivity index (χ1) is 6.44. The number of urea groups is 1. The molecule has 1 aliphatic heterocycles. The highest BCUT2D eigenvalue weighted by molar-refractivity contribution is 7.91. The summed E-state index contributed by atoms with van der Waals surface area (Å²) in [5, 5.41) is 2.69. The first-order valence-corrected chi connectivity index (χ1v) is 6.49. The highest BCUT2D eigenvalue weighted by atomic mass is 32.2. The lowest BCUT2D eigenvalue weighted by atomic mass is 10.3. The summed E-state index contributed by atoms with van der Waals surface area (Å²) >= 11 is 0. The predicted molar refractivity (Wildman–Crippen MR) is 53.9 cm³/mol. The van der Waals surface area contributed by atoms with E-state index in [0.717, 1.165) is 0 Å². The van der Waals surface area contributed by atoms with Crippen molar-refractivity contribution in [2.75, 3.05) is 25.1 Å². The molecular formula is C8H16N2O3S. The molecule has 0 aromatic carbocycles. The maximum atomic E-state index is 11.4. The Morgan fingerprint density at radius 1 is 1.57 bits per heavy atom. The van der Waals surface area contributed by atoms with Gasteiger partial charge in [-0.05, 0) is 13.3 Å². The van der Waals surface area contributed by atoms with E-state index in [0.29, 0.717) is 13.0 Å². The summed E-state index contributed by atoms with van der Waals surface area (Å²) in [7, 11) is -1.23. The molecule has 1 N–H and O–H groups in total. The van der Waals surface area contributed by atoms with Crippen molar-refractivity contribution in [3.05, 3.63) is 0 Å². The van der Waals surface area contributed by atoms with Crippen LogP contribution in [0.15, 0.2) is 0 Å². The van der Waals surface area contributed by atoms with Gasteiger partial charge in [0.15, 0.2) is 9.84 Å². The number of rotatable bonds is 2. The van der Waals surface area contributed by atoms with E-state index in [1.54, 1.807) is 7.05 Å². The summed E-state index contributed by atoms with van der Waals surface area (Å²) < 4.78 is 22.2. The van der Waals surface area contributed by atoms with Crippen molar-refractivity contribution in [2.45, 2.75) is 19.4 Å². The van der Waals surface area contributed by atoms with Crippen molar-refractivity contribution in [3.8, 4) is 0 Å². The summed E-state index contributed by atoms with van der Waals surface area (Å²) in [6.45, 7) is 2.48. The van der Waals surface area contributed by atoms with Gasteiger partial charge in [0.25, 0.3) is 0 Å². The van der Waals surface area contributed by atoms with Crippen molar-refractivity contribution in [2.24, 2.45) is 0 Å². The molecule has 0 aromatic rings. The molecule has 1 saturated heterocycles. The van der Waals surface area contributed by atoms with E-state index in [-0.39, 0.29) is 23.6 Å². The molecular weight excluding hydrogens is 204 g/mol. The second-order valence-electron chi connectivity index (χ2n) is 3.56. The van der Waals surface area contributed by atoms with E-state index >= 15 is 0 Å². The van der Waals surface area contributed by atoms with Gasteiger partial charge in [0, 0.05) is 19.6 Å². The lowest BCUT2D eigenvalue weighted by Crippen LogP contribution is -2.43. The largest absolute Gasteiger partial charge is 0.334 e. The molecule has 0 bridgehead atoms. The predicted octanol–water partition coefficient (Wildman–Crippen LogP) is -0.165. The van der Waals surface area contributed by atoms with Gasteiger partial charge >= 0.3 is 6.03 Å². The molecule has 1 fully saturated rings. The van der Waals surface area contributed by atoms with Gasteiger partial charge in [-0.3, -0.25) is 0 Å². The lowest BCUT2D eigenvalue weighted by Gasteiger charge is -2.18. The normalized spacial score (nSPS) is 24.6. The summed E-state index contributed by atoms with van der Waals surface area (Å²) in [5.74, 6) is 0.268. The molecule has 82 valence electrons. The molecule has 1 rings (SSSR count). The van der Waals surface area contributed by atoms with Gasteiger partial charge in [-0.2, -0.15) is 0 Å². The molecule has 14 heavy (non-hydrogen) atoms. The summed E-state index contributed by atoms with van der Waals surface area (Å²) in [4.78, 5) is 12.9. The van der Waals surface area contributed by atoms with E-state index < -0.39 is 9.84 Å². The first-order valence-electron chi connectivity index (χ1n) is 4.66. The van der Waals surface area contributed by atoms with Crippen LogP contribution in [-0.4, -0.2) is 50.5 Å². The summed E-state index contributed by atoms with van der Waals surface area (Å²) in [6, 6.07) is -0.406. The number of hydrogen-bond donors (Lipinski definition) is 1. The molecule has 2 amide bonds. The number of nitrogens with one attached hydrogen (secondary N) is 1. The van der Waals surface area contributed by atoms with Gasteiger partial charge in [0.1, 0.15) is 0 Å². The van der Waals surface area contributed by atoms with Crippen LogP contribution in [0.5, 0.6) is 0 Å². The van der Waals surface area contributed by atoms with Crippen LogP contribution < -0.4 is 5.32 Å². The highest BCUT2D eigenvalue weighted by Gasteiger charge is 2.29. The highest BCUT2D eigenvalue weighted by Crippen LogP contribution is 2.11. The van der Waals surface area contributed by atoms with E-state index in [4.69, 9.17) is 0 Å². The Balaban J connectivity index is 2.44. The third-order valence-electron chi connectivity index (χ3n) is 2.38. The fourth-order valence-electron chi connectivity index (χ4n) is 1.34. The minimum atomic E-state index is -2.91. The molecule has 1 atom stereocenters. The fraction of sp³-hybridized carbons (Fsp3) is 0.875. The molecule has 0 spiro atoms. The van der Waals surface area contributed by atoms with E-state index in [2.05, 4.69) is 5.32 Å². The lowest BCUT2D eigenvalue weighted by molar-refractivity contribution is 0.208. The van der Waals surface area contributed by atoms with Crippen molar-refractivity contribution in [3.63, 3.8) is 0 Å². The maximum absolute atomic E-state index is 11.4. The smallest absolute Gasteiger partial charge is 0.317 e. The van der Waals surface area contributed by atoms with Crippen LogP contribution in [-0.2, 0) is 9.84 Å². The van der Waals surface area contributed by atoms with Gasteiger partial charge in [0.2, 0.25) is 0 Å². The molecule has 1 heterocycles. The number of hydrogen-bond acceptors (Lipinski definition) is 3. The second kappa shape index (κ2) is 4.16.